The van der Waals surface area contributed by atoms with Crippen LogP contribution in [0.2, 0.25) is 0 Å². The van der Waals surface area contributed by atoms with E-state index in [1.165, 1.54) is 7.11 Å². The summed E-state index contributed by atoms with van der Waals surface area (Å²) in [5.74, 6) is 0.344. The number of hydrogen-bond donors (Lipinski definition) is 1. The van der Waals surface area contributed by atoms with Crippen molar-refractivity contribution in [3.63, 3.8) is 0 Å². The molecule has 0 aliphatic rings. The lowest BCUT2D eigenvalue weighted by Crippen LogP contribution is -2.23. The highest BCUT2D eigenvalue weighted by Gasteiger charge is 2.04. The Bertz CT molecular complexity index is 373. The first-order chi connectivity index (χ1) is 9.13. The fourth-order valence-electron chi connectivity index (χ4n) is 1.58. The molecule has 0 fully saturated rings. The number of carbonyl (C=O) groups is 1. The molecule has 1 rings (SSSR count). The summed E-state index contributed by atoms with van der Waals surface area (Å²) in [5.41, 5.74) is 1.61. The van der Waals surface area contributed by atoms with E-state index in [0.29, 0.717) is 24.7 Å². The predicted molar refractivity (Wildman–Crippen MR) is 75.1 cm³/mol. The second-order valence-corrected chi connectivity index (χ2v) is 4.84. The van der Waals surface area contributed by atoms with Gasteiger partial charge in [0.05, 0.1) is 25.9 Å². The minimum Gasteiger partial charge on any atom is -0.465 e. The molecule has 0 radical (unpaired) electrons. The van der Waals surface area contributed by atoms with E-state index in [2.05, 4.69) is 23.9 Å². The Balaban J connectivity index is 2.21. The van der Waals surface area contributed by atoms with Gasteiger partial charge in [0.2, 0.25) is 0 Å². The molecule has 1 N–H and O–H groups in total. The minimum atomic E-state index is -0.314. The van der Waals surface area contributed by atoms with E-state index >= 15 is 0 Å². The SMILES string of the molecule is COC(=O)c1ccc(COCCNCC(C)C)cc1. The minimum absolute atomic E-state index is 0.314. The van der Waals surface area contributed by atoms with Crippen molar-refractivity contribution >= 4 is 5.97 Å². The molecule has 0 saturated heterocycles. The molecule has 106 valence electrons. The number of benzene rings is 1. The van der Waals surface area contributed by atoms with E-state index in [1.54, 1.807) is 12.1 Å². The molecular formula is C15H23NO3. The van der Waals surface area contributed by atoms with Crippen molar-refractivity contribution in [1.29, 1.82) is 0 Å². The average Bonchev–Trinajstić information content (AvgIpc) is 2.42. The van der Waals surface area contributed by atoms with Crippen LogP contribution in [0.4, 0.5) is 0 Å². The summed E-state index contributed by atoms with van der Waals surface area (Å²) in [4.78, 5) is 11.3. The molecule has 0 unspecified atom stereocenters. The molecule has 0 aromatic heterocycles. The molecule has 0 amide bonds. The van der Waals surface area contributed by atoms with Gasteiger partial charge in [-0.05, 0) is 30.2 Å². The van der Waals surface area contributed by atoms with Crippen LogP contribution < -0.4 is 5.32 Å². The van der Waals surface area contributed by atoms with Crippen molar-refractivity contribution in [2.24, 2.45) is 5.92 Å². The van der Waals surface area contributed by atoms with E-state index in [4.69, 9.17) is 4.74 Å². The van der Waals surface area contributed by atoms with Crippen LogP contribution in [-0.2, 0) is 16.1 Å². The summed E-state index contributed by atoms with van der Waals surface area (Å²) < 4.78 is 10.2. The number of hydrogen-bond acceptors (Lipinski definition) is 4. The third-order valence-electron chi connectivity index (χ3n) is 2.62. The van der Waals surface area contributed by atoms with E-state index in [9.17, 15) is 4.79 Å². The van der Waals surface area contributed by atoms with Gasteiger partial charge in [0.1, 0.15) is 0 Å². The van der Waals surface area contributed by atoms with Crippen LogP contribution in [0.5, 0.6) is 0 Å². The number of methoxy groups -OCH3 is 1. The molecule has 1 aromatic carbocycles. The number of carbonyl (C=O) groups excluding carboxylic acids is 1. The van der Waals surface area contributed by atoms with Crippen LogP contribution in [0, 0.1) is 5.92 Å². The molecular weight excluding hydrogens is 242 g/mol. The fourth-order valence-corrected chi connectivity index (χ4v) is 1.58. The van der Waals surface area contributed by atoms with Crippen LogP contribution in [0.15, 0.2) is 24.3 Å². The summed E-state index contributed by atoms with van der Waals surface area (Å²) in [6, 6.07) is 7.27. The summed E-state index contributed by atoms with van der Waals surface area (Å²) in [5, 5.41) is 3.32. The fraction of sp³-hybridized carbons (Fsp3) is 0.533. The van der Waals surface area contributed by atoms with E-state index in [-0.39, 0.29) is 5.97 Å². The third kappa shape index (κ3) is 6.36. The normalized spacial score (nSPS) is 10.7. The standard InChI is InChI=1S/C15H23NO3/c1-12(2)10-16-8-9-19-11-13-4-6-14(7-5-13)15(17)18-3/h4-7,12,16H,8-11H2,1-3H3. The Kier molecular flexibility index (Phi) is 7.15. The second-order valence-electron chi connectivity index (χ2n) is 4.84. The maximum Gasteiger partial charge on any atom is 0.337 e. The van der Waals surface area contributed by atoms with Crippen molar-refractivity contribution in [3.05, 3.63) is 35.4 Å². The van der Waals surface area contributed by atoms with Gasteiger partial charge in [-0.2, -0.15) is 0 Å². The van der Waals surface area contributed by atoms with Gasteiger partial charge in [-0.1, -0.05) is 26.0 Å². The van der Waals surface area contributed by atoms with E-state index < -0.39 is 0 Å². The van der Waals surface area contributed by atoms with Gasteiger partial charge in [0.15, 0.2) is 0 Å². The highest BCUT2D eigenvalue weighted by molar-refractivity contribution is 5.89. The highest BCUT2D eigenvalue weighted by Crippen LogP contribution is 2.06. The van der Waals surface area contributed by atoms with Crippen LogP contribution >= 0.6 is 0 Å². The number of ether oxygens (including phenoxy) is 2. The lowest BCUT2D eigenvalue weighted by Gasteiger charge is -2.08. The Hall–Kier alpha value is -1.39. The van der Waals surface area contributed by atoms with Crippen LogP contribution in [0.1, 0.15) is 29.8 Å². The molecule has 0 saturated carbocycles. The second kappa shape index (κ2) is 8.67. The van der Waals surface area contributed by atoms with Gasteiger partial charge >= 0.3 is 5.97 Å². The number of rotatable bonds is 8. The Morgan fingerprint density at radius 2 is 1.95 bits per heavy atom. The topological polar surface area (TPSA) is 47.6 Å². The van der Waals surface area contributed by atoms with Crippen molar-refractivity contribution in [2.75, 3.05) is 26.8 Å². The summed E-state index contributed by atoms with van der Waals surface area (Å²) in [6.45, 7) is 7.47. The van der Waals surface area contributed by atoms with Crippen molar-refractivity contribution in [2.45, 2.75) is 20.5 Å². The van der Waals surface area contributed by atoms with E-state index in [0.717, 1.165) is 18.7 Å². The van der Waals surface area contributed by atoms with Gasteiger partial charge in [-0.15, -0.1) is 0 Å². The predicted octanol–water partition coefficient (Wildman–Crippen LogP) is 2.24. The summed E-state index contributed by atoms with van der Waals surface area (Å²) in [7, 11) is 1.38. The smallest absolute Gasteiger partial charge is 0.337 e. The highest BCUT2D eigenvalue weighted by atomic mass is 16.5. The molecule has 0 aliphatic heterocycles. The largest absolute Gasteiger partial charge is 0.465 e. The maximum absolute atomic E-state index is 11.3. The summed E-state index contributed by atoms with van der Waals surface area (Å²) >= 11 is 0. The Labute approximate surface area is 115 Å². The van der Waals surface area contributed by atoms with Crippen LogP contribution in [0.3, 0.4) is 0 Å². The Morgan fingerprint density at radius 1 is 1.26 bits per heavy atom. The molecule has 19 heavy (non-hydrogen) atoms. The first kappa shape index (κ1) is 15.7. The molecule has 4 nitrogen and oxygen atoms in total. The van der Waals surface area contributed by atoms with Gasteiger partial charge in [0, 0.05) is 6.54 Å². The quantitative estimate of drug-likeness (QED) is 0.578. The zero-order valence-electron chi connectivity index (χ0n) is 11.9. The van der Waals surface area contributed by atoms with Crippen molar-refractivity contribution in [3.8, 4) is 0 Å². The van der Waals surface area contributed by atoms with E-state index in [1.807, 2.05) is 12.1 Å². The van der Waals surface area contributed by atoms with Gasteiger partial charge in [0.25, 0.3) is 0 Å². The zero-order valence-corrected chi connectivity index (χ0v) is 11.9. The molecule has 4 heteroatoms. The van der Waals surface area contributed by atoms with Gasteiger partial charge in [-0.3, -0.25) is 0 Å². The molecule has 0 spiro atoms. The molecule has 0 aliphatic carbocycles. The lowest BCUT2D eigenvalue weighted by atomic mass is 10.1. The number of esters is 1. The molecule has 1 aromatic rings. The van der Waals surface area contributed by atoms with Crippen LogP contribution in [-0.4, -0.2) is 32.8 Å². The average molecular weight is 265 g/mol. The molecule has 0 atom stereocenters. The zero-order chi connectivity index (χ0) is 14.1. The Morgan fingerprint density at radius 3 is 2.53 bits per heavy atom. The van der Waals surface area contributed by atoms with Crippen LogP contribution in [0.25, 0.3) is 0 Å². The maximum atomic E-state index is 11.3. The lowest BCUT2D eigenvalue weighted by molar-refractivity contribution is 0.0600. The van der Waals surface area contributed by atoms with Crippen molar-refractivity contribution < 1.29 is 14.3 Å². The third-order valence-corrected chi connectivity index (χ3v) is 2.62. The van der Waals surface area contributed by atoms with Crippen molar-refractivity contribution in [1.82, 2.24) is 5.32 Å². The van der Waals surface area contributed by atoms with Gasteiger partial charge < -0.3 is 14.8 Å². The summed E-state index contributed by atoms with van der Waals surface area (Å²) in [6.07, 6.45) is 0. The molecule has 0 bridgehead atoms. The first-order valence-electron chi connectivity index (χ1n) is 6.59. The molecule has 0 heterocycles. The van der Waals surface area contributed by atoms with Gasteiger partial charge in [-0.25, -0.2) is 4.79 Å². The number of nitrogens with one attached hydrogen (secondary N) is 1. The first-order valence-corrected chi connectivity index (χ1v) is 6.59. The monoisotopic (exact) mass is 265 g/mol.